The van der Waals surface area contributed by atoms with Crippen LogP contribution in [0, 0.1) is 5.92 Å². The van der Waals surface area contributed by atoms with Gasteiger partial charge >= 0.3 is 0 Å². The van der Waals surface area contributed by atoms with Crippen LogP contribution in [0.1, 0.15) is 37.8 Å². The molecule has 1 fully saturated rings. The number of hydrogen-bond donors (Lipinski definition) is 1. The van der Waals surface area contributed by atoms with Gasteiger partial charge in [-0.1, -0.05) is 6.42 Å². The lowest BCUT2D eigenvalue weighted by Gasteiger charge is -2.36. The van der Waals surface area contributed by atoms with E-state index in [1.165, 1.54) is 24.8 Å². The van der Waals surface area contributed by atoms with Crippen LogP contribution in [0.4, 0.5) is 0 Å². The van der Waals surface area contributed by atoms with Gasteiger partial charge in [-0.3, -0.25) is 9.88 Å². The van der Waals surface area contributed by atoms with Crippen LogP contribution in [-0.4, -0.2) is 29.5 Å². The van der Waals surface area contributed by atoms with Crippen LogP contribution in [0.5, 0.6) is 0 Å². The monoisotopic (exact) mass is 233 g/mol. The SMILES string of the molecule is CC(N)C(c1ccncc1)N(C)CC1CCC1. The Morgan fingerprint density at radius 1 is 1.41 bits per heavy atom. The molecule has 2 N–H and O–H groups in total. The first-order valence-electron chi connectivity index (χ1n) is 6.54. The van der Waals surface area contributed by atoms with Crippen molar-refractivity contribution in [3.05, 3.63) is 30.1 Å². The maximum atomic E-state index is 6.14. The number of nitrogens with zero attached hydrogens (tertiary/aromatic N) is 2. The average Bonchev–Trinajstić information content (AvgIpc) is 2.25. The number of hydrogen-bond acceptors (Lipinski definition) is 3. The molecule has 2 atom stereocenters. The lowest BCUT2D eigenvalue weighted by atomic mass is 9.84. The Kier molecular flexibility index (Phi) is 4.13. The summed E-state index contributed by atoms with van der Waals surface area (Å²) in [7, 11) is 2.19. The van der Waals surface area contributed by atoms with E-state index in [-0.39, 0.29) is 6.04 Å². The van der Waals surface area contributed by atoms with E-state index in [0.717, 1.165) is 12.5 Å². The zero-order valence-corrected chi connectivity index (χ0v) is 10.8. The minimum Gasteiger partial charge on any atom is -0.326 e. The summed E-state index contributed by atoms with van der Waals surface area (Å²) in [6, 6.07) is 4.59. The molecule has 0 aromatic carbocycles. The van der Waals surface area contributed by atoms with Crippen molar-refractivity contribution in [2.45, 2.75) is 38.3 Å². The molecule has 0 saturated heterocycles. The van der Waals surface area contributed by atoms with E-state index in [1.807, 2.05) is 12.4 Å². The van der Waals surface area contributed by atoms with Gasteiger partial charge < -0.3 is 5.73 Å². The van der Waals surface area contributed by atoms with Gasteiger partial charge in [-0.05, 0) is 50.4 Å². The standard InChI is InChI=1S/C14H23N3/c1-11(15)14(13-6-8-16-9-7-13)17(2)10-12-4-3-5-12/h6-9,11-12,14H,3-5,10,15H2,1-2H3. The van der Waals surface area contributed by atoms with E-state index in [9.17, 15) is 0 Å². The van der Waals surface area contributed by atoms with Gasteiger partial charge in [0.15, 0.2) is 0 Å². The number of aromatic nitrogens is 1. The van der Waals surface area contributed by atoms with Gasteiger partial charge in [0.25, 0.3) is 0 Å². The van der Waals surface area contributed by atoms with Gasteiger partial charge in [0.05, 0.1) is 0 Å². The molecule has 0 amide bonds. The van der Waals surface area contributed by atoms with E-state index in [0.29, 0.717) is 6.04 Å². The Hall–Kier alpha value is -0.930. The number of likely N-dealkylation sites (N-methyl/N-ethyl adjacent to an activating group) is 1. The molecule has 3 heteroatoms. The van der Waals surface area contributed by atoms with Crippen molar-refractivity contribution in [1.82, 2.24) is 9.88 Å². The molecule has 94 valence electrons. The van der Waals surface area contributed by atoms with E-state index >= 15 is 0 Å². The molecule has 1 aromatic rings. The molecule has 1 aromatic heterocycles. The van der Waals surface area contributed by atoms with Gasteiger partial charge in [-0.15, -0.1) is 0 Å². The lowest BCUT2D eigenvalue weighted by molar-refractivity contribution is 0.149. The summed E-state index contributed by atoms with van der Waals surface area (Å²) >= 11 is 0. The summed E-state index contributed by atoms with van der Waals surface area (Å²) in [5.41, 5.74) is 7.42. The molecule has 0 radical (unpaired) electrons. The molecule has 0 bridgehead atoms. The number of nitrogens with two attached hydrogens (primary N) is 1. The smallest absolute Gasteiger partial charge is 0.0494 e. The summed E-state index contributed by atoms with van der Waals surface area (Å²) in [5, 5.41) is 0. The average molecular weight is 233 g/mol. The highest BCUT2D eigenvalue weighted by molar-refractivity contribution is 5.17. The zero-order valence-electron chi connectivity index (χ0n) is 10.8. The maximum Gasteiger partial charge on any atom is 0.0494 e. The first kappa shape index (κ1) is 12.5. The highest BCUT2D eigenvalue weighted by Gasteiger charge is 2.26. The van der Waals surface area contributed by atoms with Crippen molar-refractivity contribution in [2.24, 2.45) is 11.7 Å². The maximum absolute atomic E-state index is 6.14. The summed E-state index contributed by atoms with van der Waals surface area (Å²) in [6.45, 7) is 3.25. The van der Waals surface area contributed by atoms with Crippen LogP contribution in [0.3, 0.4) is 0 Å². The van der Waals surface area contributed by atoms with E-state index in [2.05, 4.69) is 36.0 Å². The first-order chi connectivity index (χ1) is 8.18. The van der Waals surface area contributed by atoms with E-state index in [4.69, 9.17) is 5.73 Å². The van der Waals surface area contributed by atoms with Crippen LogP contribution in [0.25, 0.3) is 0 Å². The minimum atomic E-state index is 0.141. The van der Waals surface area contributed by atoms with Gasteiger partial charge in [-0.2, -0.15) is 0 Å². The van der Waals surface area contributed by atoms with Gasteiger partial charge in [0.1, 0.15) is 0 Å². The second-order valence-corrected chi connectivity index (χ2v) is 5.32. The van der Waals surface area contributed by atoms with Crippen molar-refractivity contribution in [1.29, 1.82) is 0 Å². The van der Waals surface area contributed by atoms with E-state index in [1.54, 1.807) is 0 Å². The fourth-order valence-corrected chi connectivity index (χ4v) is 2.72. The van der Waals surface area contributed by atoms with Crippen molar-refractivity contribution >= 4 is 0 Å². The molecule has 3 nitrogen and oxygen atoms in total. The van der Waals surface area contributed by atoms with Crippen molar-refractivity contribution in [3.63, 3.8) is 0 Å². The van der Waals surface area contributed by atoms with Crippen LogP contribution in [-0.2, 0) is 0 Å². The topological polar surface area (TPSA) is 42.1 Å². The molecule has 1 saturated carbocycles. The summed E-state index contributed by atoms with van der Waals surface area (Å²) in [6.07, 6.45) is 7.86. The van der Waals surface area contributed by atoms with Crippen molar-refractivity contribution < 1.29 is 0 Å². The minimum absolute atomic E-state index is 0.141. The van der Waals surface area contributed by atoms with Crippen molar-refractivity contribution in [2.75, 3.05) is 13.6 Å². The predicted molar refractivity (Wildman–Crippen MR) is 70.6 cm³/mol. The molecule has 0 aliphatic heterocycles. The Bertz CT molecular complexity index is 333. The number of rotatable bonds is 5. The lowest BCUT2D eigenvalue weighted by Crippen LogP contribution is -2.40. The Morgan fingerprint density at radius 3 is 2.53 bits per heavy atom. The number of pyridine rings is 1. The first-order valence-corrected chi connectivity index (χ1v) is 6.54. The van der Waals surface area contributed by atoms with Gasteiger partial charge in [0.2, 0.25) is 0 Å². The van der Waals surface area contributed by atoms with Gasteiger partial charge in [-0.25, -0.2) is 0 Å². The third kappa shape index (κ3) is 3.05. The summed E-state index contributed by atoms with van der Waals surface area (Å²) in [5.74, 6) is 0.878. The largest absolute Gasteiger partial charge is 0.326 e. The second-order valence-electron chi connectivity index (χ2n) is 5.32. The third-order valence-electron chi connectivity index (χ3n) is 3.79. The summed E-state index contributed by atoms with van der Waals surface area (Å²) in [4.78, 5) is 6.48. The molecule has 17 heavy (non-hydrogen) atoms. The normalized spacial score (nSPS) is 20.0. The van der Waals surface area contributed by atoms with Crippen LogP contribution >= 0.6 is 0 Å². The Balaban J connectivity index is 2.05. The molecule has 1 aliphatic carbocycles. The van der Waals surface area contributed by atoms with Gasteiger partial charge in [0, 0.05) is 31.0 Å². The third-order valence-corrected chi connectivity index (χ3v) is 3.79. The predicted octanol–water partition coefficient (Wildman–Crippen LogP) is 2.20. The zero-order chi connectivity index (χ0) is 12.3. The summed E-state index contributed by atoms with van der Waals surface area (Å²) < 4.78 is 0. The second kappa shape index (κ2) is 5.61. The molecule has 2 unspecified atom stereocenters. The molecule has 0 spiro atoms. The Morgan fingerprint density at radius 2 is 2.06 bits per heavy atom. The van der Waals surface area contributed by atoms with E-state index < -0.39 is 0 Å². The fourth-order valence-electron chi connectivity index (χ4n) is 2.72. The highest BCUT2D eigenvalue weighted by Crippen LogP contribution is 2.30. The van der Waals surface area contributed by atoms with Crippen LogP contribution < -0.4 is 5.73 Å². The molecule has 1 heterocycles. The Labute approximate surface area is 104 Å². The highest BCUT2D eigenvalue weighted by atomic mass is 15.1. The molecule has 2 rings (SSSR count). The molecular weight excluding hydrogens is 210 g/mol. The molecule has 1 aliphatic rings. The molecular formula is C14H23N3. The van der Waals surface area contributed by atoms with Crippen LogP contribution in [0.2, 0.25) is 0 Å². The fraction of sp³-hybridized carbons (Fsp3) is 0.643. The van der Waals surface area contributed by atoms with Crippen molar-refractivity contribution in [3.8, 4) is 0 Å². The quantitative estimate of drug-likeness (QED) is 0.847. The van der Waals surface area contributed by atoms with Crippen LogP contribution in [0.15, 0.2) is 24.5 Å².